The minimum absolute atomic E-state index is 0.157. The van der Waals surface area contributed by atoms with Crippen molar-refractivity contribution in [2.75, 3.05) is 13.2 Å². The van der Waals surface area contributed by atoms with E-state index in [1.807, 2.05) is 0 Å². The predicted molar refractivity (Wildman–Crippen MR) is 172 cm³/mol. The molecule has 0 aromatic heterocycles. The van der Waals surface area contributed by atoms with Crippen molar-refractivity contribution >= 4 is 11.9 Å². The van der Waals surface area contributed by atoms with E-state index >= 15 is 0 Å². The number of hydrogen-bond donors (Lipinski definition) is 10. The maximum Gasteiger partial charge on any atom is 0.342 e. The van der Waals surface area contributed by atoms with E-state index in [1.54, 1.807) is 6.92 Å². The van der Waals surface area contributed by atoms with E-state index < -0.39 is 111 Å². The lowest BCUT2D eigenvalue weighted by molar-refractivity contribution is -0.277. The molecule has 0 aliphatic carbocycles. The molecule has 2 fully saturated rings. The van der Waals surface area contributed by atoms with E-state index in [0.29, 0.717) is 11.1 Å². The van der Waals surface area contributed by atoms with Gasteiger partial charge in [0.1, 0.15) is 73.5 Å². The molecule has 4 rings (SSSR count). The third kappa shape index (κ3) is 9.16. The highest BCUT2D eigenvalue weighted by molar-refractivity contribution is 5.89. The topological polar surface area (TPSA) is 292 Å². The Morgan fingerprint density at radius 3 is 1.48 bits per heavy atom. The highest BCUT2D eigenvalue weighted by Gasteiger charge is 2.53. The Hall–Kier alpha value is -3.50. The fourth-order valence-electron chi connectivity index (χ4n) is 5.50. The first-order chi connectivity index (χ1) is 24.7. The van der Waals surface area contributed by atoms with Gasteiger partial charge in [-0.25, -0.2) is 9.59 Å². The van der Waals surface area contributed by atoms with Crippen molar-refractivity contribution < 1.29 is 89.1 Å². The average molecular weight is 743 g/mol. The molecule has 18 heteroatoms. The van der Waals surface area contributed by atoms with Gasteiger partial charge in [0.15, 0.2) is 6.10 Å². The van der Waals surface area contributed by atoms with Crippen LogP contribution in [-0.2, 0) is 41.8 Å². The number of benzene rings is 2. The van der Waals surface area contributed by atoms with Gasteiger partial charge in [-0.2, -0.15) is 0 Å². The zero-order chi connectivity index (χ0) is 38.3. The van der Waals surface area contributed by atoms with Gasteiger partial charge in [-0.05, 0) is 41.3 Å². The van der Waals surface area contributed by atoms with E-state index in [-0.39, 0.29) is 24.5 Å². The molecule has 10 N–H and O–H groups in total. The molecular formula is C34H46O18. The van der Waals surface area contributed by atoms with Crippen molar-refractivity contribution in [3.63, 3.8) is 0 Å². The third-order valence-corrected chi connectivity index (χ3v) is 9.13. The number of rotatable bonds is 15. The van der Waals surface area contributed by atoms with Gasteiger partial charge in [0, 0.05) is 0 Å². The molecule has 290 valence electrons. The van der Waals surface area contributed by atoms with Crippen LogP contribution in [-0.4, -0.2) is 149 Å². The summed E-state index contributed by atoms with van der Waals surface area (Å²) in [7, 11) is 0. The number of carbonyl (C=O) groups is 2. The zero-order valence-electron chi connectivity index (χ0n) is 28.3. The van der Waals surface area contributed by atoms with Crippen molar-refractivity contribution in [1.29, 1.82) is 0 Å². The van der Waals surface area contributed by atoms with E-state index in [2.05, 4.69) is 0 Å². The van der Waals surface area contributed by atoms with Gasteiger partial charge in [0.25, 0.3) is 0 Å². The van der Waals surface area contributed by atoms with Crippen molar-refractivity contribution in [1.82, 2.24) is 0 Å². The number of aliphatic hydroxyl groups is 10. The summed E-state index contributed by atoms with van der Waals surface area (Å²) in [4.78, 5) is 26.1. The second kappa shape index (κ2) is 18.0. The molecule has 2 aromatic rings. The lowest BCUT2D eigenvalue weighted by atomic mass is 9.82. The first-order valence-corrected chi connectivity index (χ1v) is 16.5. The van der Waals surface area contributed by atoms with Gasteiger partial charge in [-0.3, -0.25) is 0 Å². The quantitative estimate of drug-likeness (QED) is 0.0812. The van der Waals surface area contributed by atoms with Crippen LogP contribution in [0.15, 0.2) is 48.5 Å². The molecule has 0 spiro atoms. The Balaban J connectivity index is 1.31. The van der Waals surface area contributed by atoms with Gasteiger partial charge < -0.3 is 79.5 Å². The average Bonchev–Trinajstić information content (AvgIpc) is 3.16. The van der Waals surface area contributed by atoms with Gasteiger partial charge >= 0.3 is 11.9 Å². The molecule has 52 heavy (non-hydrogen) atoms. The lowest BCUT2D eigenvalue weighted by Gasteiger charge is -2.39. The first-order valence-electron chi connectivity index (χ1n) is 16.5. The normalized spacial score (nSPS) is 31.5. The van der Waals surface area contributed by atoms with Gasteiger partial charge in [0.2, 0.25) is 18.2 Å². The van der Waals surface area contributed by atoms with Crippen LogP contribution in [0.5, 0.6) is 11.5 Å². The summed E-state index contributed by atoms with van der Waals surface area (Å²) in [6.45, 7) is 1.03. The SMILES string of the molecule is CCC(C)C(O)(C(=O)OCc1ccc(O[C@@H]2O[C@H](CO)[C@@H](O)[C@H](O)[C@H]2O)cc1)C(O)C(=O)OCc1ccc(O[C@@H]2O[C@H](CO)[C@@H](O)[C@H](O)[C@H]2O)cc1. The largest absolute Gasteiger partial charge is 0.462 e. The molecule has 0 radical (unpaired) electrons. The van der Waals surface area contributed by atoms with Gasteiger partial charge in [-0.15, -0.1) is 0 Å². The molecule has 13 atom stereocenters. The molecule has 0 bridgehead atoms. The summed E-state index contributed by atoms with van der Waals surface area (Å²) in [5.41, 5.74) is -1.89. The molecule has 0 saturated carbocycles. The fraction of sp³-hybridized carbons (Fsp3) is 0.588. The molecule has 2 aliphatic rings. The van der Waals surface area contributed by atoms with Gasteiger partial charge in [0.05, 0.1) is 13.2 Å². The second-order valence-corrected chi connectivity index (χ2v) is 12.6. The summed E-state index contributed by atoms with van der Waals surface area (Å²) >= 11 is 0. The van der Waals surface area contributed by atoms with Crippen LogP contribution in [0.3, 0.4) is 0 Å². The Labute approximate surface area is 297 Å². The summed E-state index contributed by atoms with van der Waals surface area (Å²) in [5.74, 6) is -3.25. The minimum atomic E-state index is -2.69. The highest BCUT2D eigenvalue weighted by atomic mass is 16.7. The Morgan fingerprint density at radius 2 is 1.10 bits per heavy atom. The predicted octanol–water partition coefficient (Wildman–Crippen LogP) is -3.03. The van der Waals surface area contributed by atoms with E-state index in [0.717, 1.165) is 0 Å². The smallest absolute Gasteiger partial charge is 0.342 e. The van der Waals surface area contributed by atoms with Crippen LogP contribution in [0.2, 0.25) is 0 Å². The maximum atomic E-state index is 13.2. The Bertz CT molecular complexity index is 1440. The van der Waals surface area contributed by atoms with E-state index in [1.165, 1.54) is 55.5 Å². The molecule has 3 unspecified atom stereocenters. The highest BCUT2D eigenvalue weighted by Crippen LogP contribution is 2.30. The summed E-state index contributed by atoms with van der Waals surface area (Å²) in [6.07, 6.45) is -16.9. The molecule has 0 amide bonds. The first kappa shape index (κ1) is 41.3. The van der Waals surface area contributed by atoms with Crippen molar-refractivity contribution in [3.8, 4) is 11.5 Å². The summed E-state index contributed by atoms with van der Waals surface area (Å²) < 4.78 is 32.2. The summed E-state index contributed by atoms with van der Waals surface area (Å²) in [6, 6.07) is 11.6. The van der Waals surface area contributed by atoms with E-state index in [9.17, 15) is 60.7 Å². The molecule has 18 nitrogen and oxygen atoms in total. The molecule has 2 saturated heterocycles. The van der Waals surface area contributed by atoms with Crippen molar-refractivity contribution in [3.05, 3.63) is 59.7 Å². The van der Waals surface area contributed by atoms with Crippen molar-refractivity contribution in [2.24, 2.45) is 5.92 Å². The molecule has 2 heterocycles. The number of ether oxygens (including phenoxy) is 6. The number of carbonyl (C=O) groups excluding carboxylic acids is 2. The maximum absolute atomic E-state index is 13.2. The fourth-order valence-corrected chi connectivity index (χ4v) is 5.50. The van der Waals surface area contributed by atoms with Crippen molar-refractivity contribution in [2.45, 2.75) is 107 Å². The Kier molecular flexibility index (Phi) is 14.3. The van der Waals surface area contributed by atoms with Crippen LogP contribution in [0.1, 0.15) is 31.4 Å². The zero-order valence-corrected chi connectivity index (χ0v) is 28.3. The van der Waals surface area contributed by atoms with Gasteiger partial charge in [-0.1, -0.05) is 44.5 Å². The molecule has 2 aromatic carbocycles. The summed E-state index contributed by atoms with van der Waals surface area (Å²) in [5, 5.41) is 101. The number of hydrogen-bond acceptors (Lipinski definition) is 18. The minimum Gasteiger partial charge on any atom is -0.462 e. The van der Waals surface area contributed by atoms with Crippen LogP contribution < -0.4 is 9.47 Å². The third-order valence-electron chi connectivity index (χ3n) is 9.13. The van der Waals surface area contributed by atoms with Crippen LogP contribution >= 0.6 is 0 Å². The number of esters is 2. The molecular weight excluding hydrogens is 696 g/mol. The number of aliphatic hydroxyl groups excluding tert-OH is 9. The van der Waals surface area contributed by atoms with E-state index in [4.69, 9.17) is 28.4 Å². The van der Waals surface area contributed by atoms with Crippen LogP contribution in [0, 0.1) is 5.92 Å². The second-order valence-electron chi connectivity index (χ2n) is 12.6. The lowest BCUT2D eigenvalue weighted by Crippen LogP contribution is -2.60. The molecule has 2 aliphatic heterocycles. The standard InChI is InChI=1S/C34H46O18/c1-3-16(2)34(46,33(45)48-15-18-6-10-20(11-7-18)50-32-28(42)26(40)24(38)22(13-36)52-32)29(43)30(44)47-14-17-4-8-19(9-5-17)49-31-27(41)25(39)23(37)21(12-35)51-31/h4-11,16,21-29,31-32,35-43,46H,3,12-15H2,1-2H3/t16?,21-,22-,23-,24-,25+,26+,27-,28-,29?,31-,32-,34?/m1/s1. The Morgan fingerprint density at radius 1 is 0.692 bits per heavy atom. The van der Waals surface area contributed by atoms with Crippen LogP contribution in [0.4, 0.5) is 0 Å². The van der Waals surface area contributed by atoms with Crippen LogP contribution in [0.25, 0.3) is 0 Å². The monoisotopic (exact) mass is 742 g/mol.